The van der Waals surface area contributed by atoms with E-state index in [4.69, 9.17) is 18.6 Å². The first kappa shape index (κ1) is 32.3. The van der Waals surface area contributed by atoms with Crippen molar-refractivity contribution in [2.45, 2.75) is 51.2 Å². The van der Waals surface area contributed by atoms with Crippen LogP contribution < -0.4 is 15.5 Å². The molecule has 0 radical (unpaired) electrons. The molecule has 2 aromatic carbocycles. The van der Waals surface area contributed by atoms with E-state index in [1.54, 1.807) is 83.1 Å². The summed E-state index contributed by atoms with van der Waals surface area (Å²) in [4.78, 5) is 31.0. The molecule has 2 aromatic rings. The molecule has 12 nitrogen and oxygen atoms in total. The Hall–Kier alpha value is -2.96. The van der Waals surface area contributed by atoms with Crippen molar-refractivity contribution in [1.82, 2.24) is 15.1 Å². The fourth-order valence-corrected chi connectivity index (χ4v) is 5.68. The van der Waals surface area contributed by atoms with Crippen LogP contribution in [0.1, 0.15) is 34.6 Å². The standard InChI is InChI=1S/C25H36N3O9PS/c1-6-34-38(31,35-7-2)24(30)26-18-20(27-23(29)36-25(3,4)5)19-28(37-21-14-10-8-11-15-21)39(32,33)22-16-12-9-13-17-22/h8-17,20H,6-7,18-19H2,1-5H3,(H,26,30)(H,27,29). The van der Waals surface area contributed by atoms with Crippen LogP contribution >= 0.6 is 7.60 Å². The third-order valence-electron chi connectivity index (χ3n) is 4.70. The number of para-hydroxylation sites is 1. The highest BCUT2D eigenvalue weighted by atomic mass is 32.2. The van der Waals surface area contributed by atoms with Gasteiger partial charge in [0, 0.05) is 6.54 Å². The zero-order valence-corrected chi connectivity index (χ0v) is 24.4. The Morgan fingerprint density at radius 2 is 1.49 bits per heavy atom. The van der Waals surface area contributed by atoms with Gasteiger partial charge in [-0.1, -0.05) is 36.4 Å². The number of ether oxygens (including phenoxy) is 1. The smallest absolute Gasteiger partial charge is 0.418 e. The highest BCUT2D eigenvalue weighted by Gasteiger charge is 2.36. The number of alkyl carbamates (subject to hydrolysis) is 1. The van der Waals surface area contributed by atoms with Gasteiger partial charge < -0.3 is 29.3 Å². The topological polar surface area (TPSA) is 150 Å². The molecule has 2 N–H and O–H groups in total. The molecular formula is C25H36N3O9PS. The lowest BCUT2D eigenvalue weighted by Crippen LogP contribution is -2.52. The number of hydrogen-bond donors (Lipinski definition) is 2. The summed E-state index contributed by atoms with van der Waals surface area (Å²) in [6, 6.07) is 14.7. The van der Waals surface area contributed by atoms with Gasteiger partial charge in [0.2, 0.25) is 0 Å². The number of nitrogens with one attached hydrogen (secondary N) is 2. The normalized spacial score (nSPS) is 13.0. The lowest BCUT2D eigenvalue weighted by Gasteiger charge is -2.28. The number of hydroxylamine groups is 1. The van der Waals surface area contributed by atoms with Gasteiger partial charge in [0.15, 0.2) is 0 Å². The molecule has 0 saturated carbocycles. The molecular weight excluding hydrogens is 549 g/mol. The molecule has 0 heterocycles. The summed E-state index contributed by atoms with van der Waals surface area (Å²) in [6.45, 7) is 7.19. The van der Waals surface area contributed by atoms with Crippen LogP contribution in [-0.4, -0.2) is 62.6 Å². The van der Waals surface area contributed by atoms with Crippen LogP contribution in [-0.2, 0) is 28.4 Å². The Balaban J connectivity index is 2.38. The third-order valence-corrected chi connectivity index (χ3v) is 8.18. The summed E-state index contributed by atoms with van der Waals surface area (Å²) in [5, 5.41) is 4.97. The Morgan fingerprint density at radius 1 is 0.949 bits per heavy atom. The number of hydrogen-bond acceptors (Lipinski definition) is 9. The number of carbonyl (C=O) groups is 2. The second kappa shape index (κ2) is 14.4. The highest BCUT2D eigenvalue weighted by Crippen LogP contribution is 2.48. The number of nitrogens with zero attached hydrogens (tertiary/aromatic N) is 1. The average Bonchev–Trinajstić information content (AvgIpc) is 2.87. The van der Waals surface area contributed by atoms with Crippen molar-refractivity contribution < 1.29 is 41.2 Å². The van der Waals surface area contributed by atoms with Crippen molar-refractivity contribution in [2.24, 2.45) is 0 Å². The number of rotatable bonds is 14. The maximum absolute atomic E-state index is 13.5. The SMILES string of the molecule is CCOP(=O)(OCC)C(=O)NCC(CN(Oc1ccccc1)S(=O)(=O)c1ccccc1)NC(=O)OC(C)(C)C. The molecule has 2 rings (SSSR count). The Morgan fingerprint density at radius 3 is 2.00 bits per heavy atom. The minimum absolute atomic E-state index is 0.0434. The van der Waals surface area contributed by atoms with Crippen LogP contribution in [0.4, 0.5) is 9.59 Å². The second-order valence-electron chi connectivity index (χ2n) is 9.07. The van der Waals surface area contributed by atoms with Gasteiger partial charge in [-0.3, -0.25) is 4.79 Å². The fraction of sp³-hybridized carbons (Fsp3) is 0.440. The van der Waals surface area contributed by atoms with Crippen molar-refractivity contribution in [2.75, 3.05) is 26.3 Å². The zero-order valence-electron chi connectivity index (χ0n) is 22.7. The van der Waals surface area contributed by atoms with Gasteiger partial charge in [-0.05, 0) is 63.4 Å². The lowest BCUT2D eigenvalue weighted by molar-refractivity contribution is 0.0211. The molecule has 0 aromatic heterocycles. The predicted octanol–water partition coefficient (Wildman–Crippen LogP) is 4.54. The van der Waals surface area contributed by atoms with Gasteiger partial charge in [-0.25, -0.2) is 17.8 Å². The Kier molecular flexibility index (Phi) is 11.9. The molecule has 0 aliphatic rings. The summed E-state index contributed by atoms with van der Waals surface area (Å²) in [6.07, 6.45) is -0.865. The Labute approximate surface area is 229 Å². The highest BCUT2D eigenvalue weighted by molar-refractivity contribution is 7.89. The van der Waals surface area contributed by atoms with Crippen LogP contribution in [0.2, 0.25) is 0 Å². The first-order valence-corrected chi connectivity index (χ1v) is 15.3. The minimum atomic E-state index is -4.25. The van der Waals surface area contributed by atoms with Gasteiger partial charge in [-0.2, -0.15) is 0 Å². The van der Waals surface area contributed by atoms with Gasteiger partial charge >= 0.3 is 19.3 Å². The summed E-state index contributed by atoms with van der Waals surface area (Å²) < 4.78 is 56.1. The van der Waals surface area contributed by atoms with Crippen molar-refractivity contribution in [3.05, 3.63) is 60.7 Å². The Bertz CT molecular complexity index is 1210. The molecule has 1 unspecified atom stereocenters. The fourth-order valence-electron chi connectivity index (χ4n) is 3.11. The van der Waals surface area contributed by atoms with E-state index < -0.39 is 47.5 Å². The van der Waals surface area contributed by atoms with Crippen LogP contribution in [0, 0.1) is 0 Å². The predicted molar refractivity (Wildman–Crippen MR) is 145 cm³/mol. The molecule has 0 fully saturated rings. The van der Waals surface area contributed by atoms with Gasteiger partial charge in [0.1, 0.15) is 11.4 Å². The molecule has 0 aliphatic heterocycles. The van der Waals surface area contributed by atoms with Gasteiger partial charge in [0.05, 0.1) is 30.7 Å². The molecule has 2 amide bonds. The monoisotopic (exact) mass is 585 g/mol. The molecule has 0 aliphatic carbocycles. The number of sulfonamides is 1. The maximum atomic E-state index is 13.5. The van der Waals surface area contributed by atoms with E-state index in [0.29, 0.717) is 4.47 Å². The first-order valence-electron chi connectivity index (χ1n) is 12.3. The van der Waals surface area contributed by atoms with Crippen LogP contribution in [0.25, 0.3) is 0 Å². The number of benzene rings is 2. The molecule has 1 atom stereocenters. The molecule has 216 valence electrons. The maximum Gasteiger partial charge on any atom is 0.418 e. The van der Waals surface area contributed by atoms with Crippen molar-refractivity contribution in [1.29, 1.82) is 0 Å². The van der Waals surface area contributed by atoms with E-state index in [9.17, 15) is 22.6 Å². The van der Waals surface area contributed by atoms with Crippen LogP contribution in [0.3, 0.4) is 0 Å². The van der Waals surface area contributed by atoms with E-state index in [2.05, 4.69) is 10.6 Å². The quantitative estimate of drug-likeness (QED) is 0.241. The number of carbonyl (C=O) groups excluding carboxylic acids is 2. The second-order valence-corrected chi connectivity index (χ2v) is 12.8. The van der Waals surface area contributed by atoms with Crippen molar-refractivity contribution in [3.63, 3.8) is 0 Å². The summed E-state index contributed by atoms with van der Waals surface area (Å²) >= 11 is 0. The van der Waals surface area contributed by atoms with Gasteiger partial charge in [0.25, 0.3) is 10.0 Å². The van der Waals surface area contributed by atoms with E-state index in [1.807, 2.05) is 0 Å². The minimum Gasteiger partial charge on any atom is -0.444 e. The van der Waals surface area contributed by atoms with E-state index in [0.717, 1.165) is 0 Å². The summed E-state index contributed by atoms with van der Waals surface area (Å²) in [7, 11) is -8.41. The van der Waals surface area contributed by atoms with Crippen LogP contribution in [0.15, 0.2) is 65.6 Å². The average molecular weight is 586 g/mol. The van der Waals surface area contributed by atoms with Crippen molar-refractivity contribution in [3.8, 4) is 5.75 Å². The molecule has 0 bridgehead atoms. The van der Waals surface area contributed by atoms with E-state index >= 15 is 0 Å². The summed E-state index contributed by atoms with van der Waals surface area (Å²) in [5.41, 5.74) is -1.89. The van der Waals surface area contributed by atoms with E-state index in [1.165, 1.54) is 12.1 Å². The van der Waals surface area contributed by atoms with Gasteiger partial charge in [-0.15, -0.1) is 0 Å². The van der Waals surface area contributed by atoms with Crippen LogP contribution in [0.5, 0.6) is 5.75 Å². The molecule has 39 heavy (non-hydrogen) atoms. The van der Waals surface area contributed by atoms with E-state index in [-0.39, 0.29) is 30.4 Å². The largest absolute Gasteiger partial charge is 0.444 e. The molecule has 0 saturated heterocycles. The zero-order chi connectivity index (χ0) is 29.1. The lowest BCUT2D eigenvalue weighted by atomic mass is 10.2. The summed E-state index contributed by atoms with van der Waals surface area (Å²) in [5.74, 6) is 0.217. The third kappa shape index (κ3) is 10.3. The molecule has 14 heteroatoms. The number of amides is 2. The van der Waals surface area contributed by atoms with Crippen molar-refractivity contribution >= 4 is 29.4 Å². The molecule has 0 spiro atoms. The first-order chi connectivity index (χ1) is 18.3.